The van der Waals surface area contributed by atoms with E-state index in [2.05, 4.69) is 15.3 Å². The highest BCUT2D eigenvalue weighted by molar-refractivity contribution is 7.99. The molecule has 0 saturated carbocycles. The lowest BCUT2D eigenvalue weighted by atomic mass is 10.2. The van der Waals surface area contributed by atoms with Crippen LogP contribution >= 0.6 is 11.8 Å². The van der Waals surface area contributed by atoms with Gasteiger partial charge < -0.3 is 10.3 Å². The van der Waals surface area contributed by atoms with Crippen LogP contribution in [-0.4, -0.2) is 27.5 Å². The van der Waals surface area contributed by atoms with Crippen molar-refractivity contribution in [2.24, 2.45) is 0 Å². The van der Waals surface area contributed by atoms with Gasteiger partial charge in [0.05, 0.1) is 6.54 Å². The van der Waals surface area contributed by atoms with Crippen LogP contribution in [0.2, 0.25) is 0 Å². The Bertz CT molecular complexity index is 216. The minimum Gasteiger partial charge on any atom is -0.348 e. The van der Waals surface area contributed by atoms with Gasteiger partial charge >= 0.3 is 0 Å². The number of H-pyrrole nitrogens is 1. The second-order valence-corrected chi connectivity index (χ2v) is 4.13. The largest absolute Gasteiger partial charge is 0.348 e. The summed E-state index contributed by atoms with van der Waals surface area (Å²) in [5.41, 5.74) is 0. The molecule has 1 aliphatic rings. The van der Waals surface area contributed by atoms with Crippen molar-refractivity contribution in [2.45, 2.75) is 19.0 Å². The zero-order valence-corrected chi connectivity index (χ0v) is 7.73. The standard InChI is InChI=1S/C8H13N3S/c1-4-12-6-7(1)11-5-8-9-2-3-10-8/h2-3,7,11H,1,4-6H2,(H,9,10). The van der Waals surface area contributed by atoms with E-state index in [0.29, 0.717) is 6.04 Å². The van der Waals surface area contributed by atoms with Gasteiger partial charge in [-0.25, -0.2) is 4.98 Å². The van der Waals surface area contributed by atoms with Crippen LogP contribution in [0.4, 0.5) is 0 Å². The third-order valence-corrected chi connectivity index (χ3v) is 3.21. The lowest BCUT2D eigenvalue weighted by Crippen LogP contribution is -2.28. The first-order chi connectivity index (χ1) is 5.95. The Balaban J connectivity index is 1.74. The smallest absolute Gasteiger partial charge is 0.120 e. The van der Waals surface area contributed by atoms with E-state index in [4.69, 9.17) is 0 Å². The number of rotatable bonds is 3. The number of thioether (sulfide) groups is 1. The minimum absolute atomic E-state index is 0.695. The van der Waals surface area contributed by atoms with E-state index in [1.165, 1.54) is 17.9 Å². The molecule has 2 N–H and O–H groups in total. The third-order valence-electron chi connectivity index (χ3n) is 2.04. The first-order valence-electron chi connectivity index (χ1n) is 4.24. The second-order valence-electron chi connectivity index (χ2n) is 2.98. The summed E-state index contributed by atoms with van der Waals surface area (Å²) in [5, 5.41) is 3.47. The second kappa shape index (κ2) is 3.96. The monoisotopic (exact) mass is 183 g/mol. The van der Waals surface area contributed by atoms with E-state index >= 15 is 0 Å². The molecule has 1 fully saturated rings. The number of imidazole rings is 1. The molecular weight excluding hydrogens is 170 g/mol. The molecule has 1 unspecified atom stereocenters. The number of nitrogens with one attached hydrogen (secondary N) is 2. The third kappa shape index (κ3) is 2.01. The number of aromatic amines is 1. The predicted molar refractivity (Wildman–Crippen MR) is 51.2 cm³/mol. The van der Waals surface area contributed by atoms with Crippen molar-refractivity contribution in [2.75, 3.05) is 11.5 Å². The van der Waals surface area contributed by atoms with Crippen LogP contribution in [-0.2, 0) is 6.54 Å². The van der Waals surface area contributed by atoms with Crippen LogP contribution in [0.25, 0.3) is 0 Å². The lowest BCUT2D eigenvalue weighted by molar-refractivity contribution is 0.547. The van der Waals surface area contributed by atoms with Gasteiger partial charge in [-0.05, 0) is 12.2 Å². The quantitative estimate of drug-likeness (QED) is 0.734. The van der Waals surface area contributed by atoms with E-state index in [9.17, 15) is 0 Å². The molecule has 0 radical (unpaired) electrons. The first kappa shape index (κ1) is 8.13. The van der Waals surface area contributed by atoms with E-state index < -0.39 is 0 Å². The molecule has 0 spiro atoms. The zero-order valence-electron chi connectivity index (χ0n) is 6.92. The number of nitrogens with zero attached hydrogens (tertiary/aromatic N) is 1. The van der Waals surface area contributed by atoms with E-state index in [1.54, 1.807) is 6.20 Å². The van der Waals surface area contributed by atoms with Crippen molar-refractivity contribution >= 4 is 11.8 Å². The van der Waals surface area contributed by atoms with Crippen LogP contribution in [0.1, 0.15) is 12.2 Å². The van der Waals surface area contributed by atoms with Gasteiger partial charge in [-0.15, -0.1) is 0 Å². The molecule has 1 aromatic heterocycles. The Morgan fingerprint density at radius 2 is 2.75 bits per heavy atom. The molecule has 3 nitrogen and oxygen atoms in total. The van der Waals surface area contributed by atoms with Crippen LogP contribution < -0.4 is 5.32 Å². The molecule has 1 aliphatic heterocycles. The summed E-state index contributed by atoms with van der Waals surface area (Å²) >= 11 is 2.03. The molecule has 66 valence electrons. The van der Waals surface area contributed by atoms with Gasteiger partial charge in [0.2, 0.25) is 0 Å². The summed E-state index contributed by atoms with van der Waals surface area (Å²) in [6, 6.07) is 0.695. The van der Waals surface area contributed by atoms with Crippen molar-refractivity contribution in [3.8, 4) is 0 Å². The summed E-state index contributed by atoms with van der Waals surface area (Å²) in [4.78, 5) is 7.23. The molecule has 12 heavy (non-hydrogen) atoms. The fraction of sp³-hybridized carbons (Fsp3) is 0.625. The average molecular weight is 183 g/mol. The average Bonchev–Trinajstić information content (AvgIpc) is 2.74. The molecule has 1 aromatic rings. The number of hydrogen-bond acceptors (Lipinski definition) is 3. The van der Waals surface area contributed by atoms with Crippen molar-refractivity contribution in [3.63, 3.8) is 0 Å². The van der Waals surface area contributed by atoms with Gasteiger partial charge in [-0.1, -0.05) is 0 Å². The molecule has 0 amide bonds. The highest BCUT2D eigenvalue weighted by Crippen LogP contribution is 2.16. The molecule has 1 saturated heterocycles. The highest BCUT2D eigenvalue weighted by Gasteiger charge is 2.14. The molecule has 1 atom stereocenters. The van der Waals surface area contributed by atoms with E-state index in [0.717, 1.165) is 12.4 Å². The predicted octanol–water partition coefficient (Wildman–Crippen LogP) is 1.00. The Labute approximate surface area is 76.4 Å². The van der Waals surface area contributed by atoms with Gasteiger partial charge in [0.25, 0.3) is 0 Å². The summed E-state index contributed by atoms with van der Waals surface area (Å²) in [6.07, 6.45) is 4.95. The van der Waals surface area contributed by atoms with Crippen LogP contribution in [0.5, 0.6) is 0 Å². The van der Waals surface area contributed by atoms with Crippen molar-refractivity contribution in [3.05, 3.63) is 18.2 Å². The Morgan fingerprint density at radius 3 is 3.42 bits per heavy atom. The highest BCUT2D eigenvalue weighted by atomic mass is 32.2. The summed E-state index contributed by atoms with van der Waals surface area (Å²) in [6.45, 7) is 0.873. The Hall–Kier alpha value is -0.480. The van der Waals surface area contributed by atoms with Crippen molar-refractivity contribution in [1.29, 1.82) is 0 Å². The first-order valence-corrected chi connectivity index (χ1v) is 5.40. The molecule has 4 heteroatoms. The van der Waals surface area contributed by atoms with Gasteiger partial charge in [0.1, 0.15) is 5.82 Å². The zero-order chi connectivity index (χ0) is 8.23. The van der Waals surface area contributed by atoms with Crippen LogP contribution in [0.15, 0.2) is 12.4 Å². The molecule has 2 heterocycles. The van der Waals surface area contributed by atoms with Gasteiger partial charge in [0.15, 0.2) is 0 Å². The maximum absolute atomic E-state index is 4.15. The summed E-state index contributed by atoms with van der Waals surface area (Å²) in [7, 11) is 0. The maximum atomic E-state index is 4.15. The van der Waals surface area contributed by atoms with Crippen LogP contribution in [0, 0.1) is 0 Å². The summed E-state index contributed by atoms with van der Waals surface area (Å²) in [5.74, 6) is 3.59. The van der Waals surface area contributed by atoms with Crippen molar-refractivity contribution in [1.82, 2.24) is 15.3 Å². The summed E-state index contributed by atoms with van der Waals surface area (Å²) < 4.78 is 0. The Kier molecular flexibility index (Phi) is 2.68. The topological polar surface area (TPSA) is 40.7 Å². The maximum Gasteiger partial charge on any atom is 0.120 e. The lowest BCUT2D eigenvalue weighted by Gasteiger charge is -2.08. The molecule has 0 bridgehead atoms. The van der Waals surface area contributed by atoms with E-state index in [1.807, 2.05) is 18.0 Å². The fourth-order valence-electron chi connectivity index (χ4n) is 1.33. The van der Waals surface area contributed by atoms with Gasteiger partial charge in [-0.2, -0.15) is 11.8 Å². The fourth-order valence-corrected chi connectivity index (χ4v) is 2.52. The normalized spacial score (nSPS) is 23.2. The molecule has 0 aromatic carbocycles. The minimum atomic E-state index is 0.695. The molecule has 2 rings (SSSR count). The number of aromatic nitrogens is 2. The SMILES string of the molecule is c1c[nH]c(CNC2CCSC2)n1. The van der Waals surface area contributed by atoms with Crippen LogP contribution in [0.3, 0.4) is 0 Å². The van der Waals surface area contributed by atoms with Gasteiger partial charge in [0, 0.05) is 24.2 Å². The van der Waals surface area contributed by atoms with E-state index in [-0.39, 0.29) is 0 Å². The Morgan fingerprint density at radius 1 is 1.75 bits per heavy atom. The van der Waals surface area contributed by atoms with Crippen molar-refractivity contribution < 1.29 is 0 Å². The molecular formula is C8H13N3S. The molecule has 0 aliphatic carbocycles. The number of hydrogen-bond donors (Lipinski definition) is 2. The van der Waals surface area contributed by atoms with Gasteiger partial charge in [-0.3, -0.25) is 0 Å².